The second-order valence-corrected chi connectivity index (χ2v) is 5.50. The molecule has 124 valence electrons. The van der Waals surface area contributed by atoms with Crippen molar-refractivity contribution in [3.8, 4) is 0 Å². The molecule has 0 bridgehead atoms. The molecule has 0 aliphatic carbocycles. The molecule has 0 atom stereocenters. The van der Waals surface area contributed by atoms with E-state index in [0.29, 0.717) is 17.6 Å². The number of benzene rings is 1. The van der Waals surface area contributed by atoms with E-state index in [1.165, 1.54) is 11.1 Å². The number of aromatic nitrogens is 3. The molecule has 0 spiro atoms. The summed E-state index contributed by atoms with van der Waals surface area (Å²) >= 11 is 0. The number of hydrogen-bond acceptors (Lipinski definition) is 6. The highest BCUT2D eigenvalue weighted by molar-refractivity contribution is 5.64. The van der Waals surface area contributed by atoms with Crippen molar-refractivity contribution in [3.05, 3.63) is 53.4 Å². The zero-order valence-corrected chi connectivity index (χ0v) is 14.1. The van der Waals surface area contributed by atoms with E-state index in [4.69, 9.17) is 4.52 Å². The zero-order valence-electron chi connectivity index (χ0n) is 14.1. The smallest absolute Gasteiger partial charge is 0.229 e. The van der Waals surface area contributed by atoms with Crippen LogP contribution in [0.15, 0.2) is 41.1 Å². The van der Waals surface area contributed by atoms with Gasteiger partial charge in [0.25, 0.3) is 0 Å². The summed E-state index contributed by atoms with van der Waals surface area (Å²) in [6, 6.07) is 9.95. The summed E-state index contributed by atoms with van der Waals surface area (Å²) in [7, 11) is 0. The van der Waals surface area contributed by atoms with Gasteiger partial charge >= 0.3 is 0 Å². The molecule has 2 heterocycles. The number of rotatable bonds is 6. The highest BCUT2D eigenvalue weighted by atomic mass is 16.5. The predicted molar refractivity (Wildman–Crippen MR) is 95.0 cm³/mol. The quantitative estimate of drug-likeness (QED) is 0.701. The van der Waals surface area contributed by atoms with Crippen molar-refractivity contribution >= 4 is 23.3 Å². The van der Waals surface area contributed by atoms with Gasteiger partial charge in [-0.1, -0.05) is 37.2 Å². The van der Waals surface area contributed by atoms with Crippen molar-refractivity contribution in [1.82, 2.24) is 15.1 Å². The first-order valence-electron chi connectivity index (χ1n) is 8.10. The average molecular weight is 323 g/mol. The van der Waals surface area contributed by atoms with Gasteiger partial charge in [-0.2, -0.15) is 4.98 Å². The van der Waals surface area contributed by atoms with Crippen molar-refractivity contribution in [2.45, 2.75) is 33.6 Å². The molecule has 0 fully saturated rings. The maximum atomic E-state index is 5.05. The molecular weight excluding hydrogens is 302 g/mol. The number of hydrogen-bond donors (Lipinski definition) is 2. The molecule has 2 aromatic heterocycles. The van der Waals surface area contributed by atoms with Crippen LogP contribution in [0.2, 0.25) is 0 Å². The van der Waals surface area contributed by atoms with E-state index >= 15 is 0 Å². The van der Waals surface area contributed by atoms with E-state index in [-0.39, 0.29) is 0 Å². The molecule has 0 radical (unpaired) electrons. The van der Waals surface area contributed by atoms with Crippen LogP contribution in [-0.4, -0.2) is 15.1 Å². The Morgan fingerprint density at radius 2 is 1.75 bits per heavy atom. The minimum absolute atomic E-state index is 0.552. The molecular formula is C18H21N5O. The lowest BCUT2D eigenvalue weighted by atomic mass is 10.0. The third kappa shape index (κ3) is 3.53. The molecule has 6 heteroatoms. The first-order valence-corrected chi connectivity index (χ1v) is 8.10. The lowest BCUT2D eigenvalue weighted by molar-refractivity contribution is 0.400. The van der Waals surface area contributed by atoms with Crippen molar-refractivity contribution in [2.24, 2.45) is 0 Å². The summed E-state index contributed by atoms with van der Waals surface area (Å²) in [6.45, 7) is 6.14. The Bertz CT molecular complexity index is 806. The number of nitrogens with zero attached hydrogens (tertiary/aromatic N) is 3. The average Bonchev–Trinajstić information content (AvgIpc) is 3.00. The summed E-state index contributed by atoms with van der Waals surface area (Å²) in [5, 5.41) is 10.4. The van der Waals surface area contributed by atoms with E-state index < -0.39 is 0 Å². The Hall–Kier alpha value is -2.89. The summed E-state index contributed by atoms with van der Waals surface area (Å²) < 4.78 is 5.05. The van der Waals surface area contributed by atoms with E-state index in [2.05, 4.69) is 57.8 Å². The van der Waals surface area contributed by atoms with Gasteiger partial charge in [-0.25, -0.2) is 4.98 Å². The molecule has 3 aromatic rings. The third-order valence-electron chi connectivity index (χ3n) is 3.78. The summed E-state index contributed by atoms with van der Waals surface area (Å²) in [5.74, 6) is 2.58. The second kappa shape index (κ2) is 7.12. The van der Waals surface area contributed by atoms with Gasteiger partial charge in [-0.3, -0.25) is 0 Å². The number of anilines is 4. The maximum absolute atomic E-state index is 5.05. The van der Waals surface area contributed by atoms with Crippen LogP contribution in [0.1, 0.15) is 30.7 Å². The van der Waals surface area contributed by atoms with Crippen molar-refractivity contribution < 1.29 is 4.52 Å². The van der Waals surface area contributed by atoms with Crippen LogP contribution in [0.5, 0.6) is 0 Å². The first-order chi connectivity index (χ1) is 11.7. The molecule has 1 aromatic carbocycles. The Morgan fingerprint density at radius 1 is 1.00 bits per heavy atom. The number of para-hydroxylation sites is 1. The van der Waals surface area contributed by atoms with Crippen LogP contribution in [0.25, 0.3) is 0 Å². The topological polar surface area (TPSA) is 75.9 Å². The van der Waals surface area contributed by atoms with Crippen LogP contribution < -0.4 is 10.6 Å². The Morgan fingerprint density at radius 3 is 2.38 bits per heavy atom. The molecule has 0 saturated carbocycles. The molecule has 3 rings (SSSR count). The van der Waals surface area contributed by atoms with E-state index in [9.17, 15) is 0 Å². The van der Waals surface area contributed by atoms with E-state index in [1.54, 1.807) is 12.3 Å². The van der Waals surface area contributed by atoms with Crippen molar-refractivity contribution in [2.75, 3.05) is 10.6 Å². The fraction of sp³-hybridized carbons (Fsp3) is 0.278. The van der Waals surface area contributed by atoms with E-state index in [0.717, 1.165) is 24.3 Å². The second-order valence-electron chi connectivity index (χ2n) is 5.50. The summed E-state index contributed by atoms with van der Waals surface area (Å²) in [6.07, 6.45) is 3.61. The normalized spacial score (nSPS) is 10.6. The highest BCUT2D eigenvalue weighted by Gasteiger charge is 2.09. The van der Waals surface area contributed by atoms with Gasteiger partial charge in [0.2, 0.25) is 5.95 Å². The minimum Gasteiger partial charge on any atom is -0.360 e. The summed E-state index contributed by atoms with van der Waals surface area (Å²) in [5.41, 5.74) is 3.60. The van der Waals surface area contributed by atoms with Gasteiger partial charge in [-0.15, -0.1) is 0 Å². The van der Waals surface area contributed by atoms with Crippen LogP contribution in [-0.2, 0) is 12.8 Å². The molecule has 0 saturated heterocycles. The molecule has 0 amide bonds. The lowest BCUT2D eigenvalue weighted by Crippen LogP contribution is -2.04. The largest absolute Gasteiger partial charge is 0.360 e. The standard InChI is InChI=1S/C18H21N5O/c1-4-13-7-6-8-14(5-2)17(13)22-18-19-10-9-15(21-18)20-16-11-12(3)24-23-16/h6-11H,4-5H2,1-3H3,(H2,19,20,21,22,23). The first kappa shape index (κ1) is 16.0. The molecule has 6 nitrogen and oxygen atoms in total. The highest BCUT2D eigenvalue weighted by Crippen LogP contribution is 2.25. The number of aryl methyl sites for hydroxylation is 3. The van der Waals surface area contributed by atoms with Crippen LogP contribution in [0.4, 0.5) is 23.3 Å². The third-order valence-corrected chi connectivity index (χ3v) is 3.78. The fourth-order valence-corrected chi connectivity index (χ4v) is 2.56. The maximum Gasteiger partial charge on any atom is 0.229 e. The van der Waals surface area contributed by atoms with Gasteiger partial charge in [0.1, 0.15) is 11.6 Å². The Balaban J connectivity index is 1.85. The van der Waals surface area contributed by atoms with Crippen LogP contribution in [0, 0.1) is 6.92 Å². The molecule has 0 aliphatic heterocycles. The van der Waals surface area contributed by atoms with Gasteiger partial charge in [-0.05, 0) is 37.0 Å². The van der Waals surface area contributed by atoms with Gasteiger partial charge in [0.05, 0.1) is 0 Å². The molecule has 0 aliphatic rings. The Labute approximate surface area is 141 Å². The van der Waals surface area contributed by atoms with Crippen LogP contribution >= 0.6 is 0 Å². The van der Waals surface area contributed by atoms with E-state index in [1.807, 2.05) is 13.0 Å². The molecule has 24 heavy (non-hydrogen) atoms. The van der Waals surface area contributed by atoms with Crippen molar-refractivity contribution in [1.29, 1.82) is 0 Å². The van der Waals surface area contributed by atoms with Gasteiger partial charge < -0.3 is 15.2 Å². The van der Waals surface area contributed by atoms with Crippen molar-refractivity contribution in [3.63, 3.8) is 0 Å². The lowest BCUT2D eigenvalue weighted by Gasteiger charge is -2.14. The predicted octanol–water partition coefficient (Wildman–Crippen LogP) is 4.39. The van der Waals surface area contributed by atoms with Gasteiger partial charge in [0.15, 0.2) is 5.82 Å². The monoisotopic (exact) mass is 323 g/mol. The van der Waals surface area contributed by atoms with Crippen LogP contribution in [0.3, 0.4) is 0 Å². The Kier molecular flexibility index (Phi) is 4.74. The molecule has 2 N–H and O–H groups in total. The number of nitrogens with one attached hydrogen (secondary N) is 2. The zero-order chi connectivity index (χ0) is 16.9. The molecule has 0 unspecified atom stereocenters. The summed E-state index contributed by atoms with van der Waals surface area (Å²) in [4.78, 5) is 8.83. The van der Waals surface area contributed by atoms with Gasteiger partial charge in [0, 0.05) is 18.0 Å². The SMILES string of the molecule is CCc1cccc(CC)c1Nc1nccc(Nc2cc(C)on2)n1. The fourth-order valence-electron chi connectivity index (χ4n) is 2.56. The minimum atomic E-state index is 0.552.